The van der Waals surface area contributed by atoms with Gasteiger partial charge in [0.2, 0.25) is 0 Å². The fraction of sp³-hybridized carbons (Fsp3) is 0.562. The van der Waals surface area contributed by atoms with Crippen molar-refractivity contribution in [1.29, 1.82) is 5.26 Å². The zero-order chi connectivity index (χ0) is 13.7. The fourth-order valence-corrected chi connectivity index (χ4v) is 2.97. The minimum Gasteiger partial charge on any atom is -0.493 e. The fourth-order valence-electron chi connectivity index (χ4n) is 2.97. The summed E-state index contributed by atoms with van der Waals surface area (Å²) in [6.45, 7) is 0. The summed E-state index contributed by atoms with van der Waals surface area (Å²) >= 11 is 0. The van der Waals surface area contributed by atoms with E-state index < -0.39 is 0 Å². The van der Waals surface area contributed by atoms with E-state index in [1.165, 1.54) is 19.3 Å². The number of ether oxygens (including phenoxy) is 2. The average Bonchev–Trinajstić information content (AvgIpc) is 2.49. The van der Waals surface area contributed by atoms with Crippen molar-refractivity contribution in [1.82, 2.24) is 0 Å². The molecule has 0 aromatic heterocycles. The van der Waals surface area contributed by atoms with Crippen molar-refractivity contribution in [3.05, 3.63) is 23.8 Å². The number of hydrogen-bond donors (Lipinski definition) is 0. The Bertz CT molecular complexity index is 458. The van der Waals surface area contributed by atoms with Gasteiger partial charge >= 0.3 is 0 Å². The third-order valence-electron chi connectivity index (χ3n) is 4.03. The lowest BCUT2D eigenvalue weighted by Gasteiger charge is -2.26. The molecule has 1 atom stereocenters. The van der Waals surface area contributed by atoms with Crippen LogP contribution in [0.25, 0.3) is 0 Å². The quantitative estimate of drug-likeness (QED) is 0.823. The van der Waals surface area contributed by atoms with Crippen molar-refractivity contribution in [2.75, 3.05) is 14.2 Å². The van der Waals surface area contributed by atoms with Crippen molar-refractivity contribution >= 4 is 0 Å². The third kappa shape index (κ3) is 3.01. The maximum atomic E-state index is 9.50. The lowest BCUT2D eigenvalue weighted by molar-refractivity contribution is 0.332. The first kappa shape index (κ1) is 13.7. The summed E-state index contributed by atoms with van der Waals surface area (Å²) in [5, 5.41) is 9.50. The molecule has 0 unspecified atom stereocenters. The predicted molar refractivity (Wildman–Crippen MR) is 74.5 cm³/mol. The lowest BCUT2D eigenvalue weighted by Crippen LogP contribution is -2.15. The van der Waals surface area contributed by atoms with Crippen LogP contribution in [0.5, 0.6) is 11.5 Å². The maximum Gasteiger partial charge on any atom is 0.161 e. The van der Waals surface area contributed by atoms with Crippen LogP contribution in [0.4, 0.5) is 0 Å². The van der Waals surface area contributed by atoms with E-state index in [1.807, 2.05) is 18.2 Å². The van der Waals surface area contributed by atoms with Crippen molar-refractivity contribution in [3.8, 4) is 17.6 Å². The van der Waals surface area contributed by atoms with Crippen molar-refractivity contribution in [2.45, 2.75) is 38.0 Å². The maximum absolute atomic E-state index is 9.50. The molecule has 1 aromatic rings. The van der Waals surface area contributed by atoms with E-state index >= 15 is 0 Å². The summed E-state index contributed by atoms with van der Waals surface area (Å²) in [6.07, 6.45) is 6.12. The van der Waals surface area contributed by atoms with Crippen LogP contribution in [0, 0.1) is 17.2 Å². The topological polar surface area (TPSA) is 42.2 Å². The van der Waals surface area contributed by atoms with E-state index in [1.54, 1.807) is 14.2 Å². The standard InChI is InChI=1S/C16H21NO2/c1-18-15-9-8-13(10-16(15)19-2)14(11-17)12-6-4-3-5-7-12/h8-10,12,14H,3-7H2,1-2H3/t14-/m0/s1. The second-order valence-electron chi connectivity index (χ2n) is 5.12. The number of hydrogen-bond acceptors (Lipinski definition) is 3. The van der Waals surface area contributed by atoms with Gasteiger partial charge in [-0.25, -0.2) is 0 Å². The average molecular weight is 259 g/mol. The van der Waals surface area contributed by atoms with Crippen LogP contribution in [-0.4, -0.2) is 14.2 Å². The van der Waals surface area contributed by atoms with Gasteiger partial charge in [-0.1, -0.05) is 25.3 Å². The van der Waals surface area contributed by atoms with Crippen LogP contribution in [0.3, 0.4) is 0 Å². The molecule has 0 saturated heterocycles. The molecule has 0 N–H and O–H groups in total. The van der Waals surface area contributed by atoms with E-state index in [9.17, 15) is 5.26 Å². The Morgan fingerprint density at radius 3 is 2.37 bits per heavy atom. The Balaban J connectivity index is 2.25. The van der Waals surface area contributed by atoms with Gasteiger partial charge in [0, 0.05) is 0 Å². The summed E-state index contributed by atoms with van der Waals surface area (Å²) in [5.74, 6) is 1.87. The molecule has 0 amide bonds. The zero-order valence-electron chi connectivity index (χ0n) is 11.7. The molecule has 102 valence electrons. The molecule has 0 spiro atoms. The van der Waals surface area contributed by atoms with Gasteiger partial charge in [0.15, 0.2) is 11.5 Å². The van der Waals surface area contributed by atoms with Crippen LogP contribution < -0.4 is 9.47 Å². The molecule has 3 heteroatoms. The van der Waals surface area contributed by atoms with E-state index in [-0.39, 0.29) is 5.92 Å². The Labute approximate surface area is 115 Å². The van der Waals surface area contributed by atoms with Crippen molar-refractivity contribution in [3.63, 3.8) is 0 Å². The summed E-state index contributed by atoms with van der Waals surface area (Å²) in [5.41, 5.74) is 1.05. The van der Waals surface area contributed by atoms with Crippen LogP contribution in [0.2, 0.25) is 0 Å². The number of methoxy groups -OCH3 is 2. The SMILES string of the molecule is COc1ccc([C@@H](C#N)C2CCCCC2)cc1OC. The second kappa shape index (κ2) is 6.47. The molecular weight excluding hydrogens is 238 g/mol. The third-order valence-corrected chi connectivity index (χ3v) is 4.03. The highest BCUT2D eigenvalue weighted by atomic mass is 16.5. The van der Waals surface area contributed by atoms with Gasteiger partial charge < -0.3 is 9.47 Å². The number of nitrogens with zero attached hydrogens (tertiary/aromatic N) is 1. The summed E-state index contributed by atoms with van der Waals surface area (Å²) in [4.78, 5) is 0. The van der Waals surface area contributed by atoms with Gasteiger partial charge in [0.05, 0.1) is 26.2 Å². The molecular formula is C16H21NO2. The molecule has 0 heterocycles. The van der Waals surface area contributed by atoms with E-state index in [0.29, 0.717) is 17.4 Å². The molecule has 1 fully saturated rings. The number of benzene rings is 1. The molecule has 1 saturated carbocycles. The van der Waals surface area contributed by atoms with E-state index in [4.69, 9.17) is 9.47 Å². The second-order valence-corrected chi connectivity index (χ2v) is 5.12. The van der Waals surface area contributed by atoms with Gasteiger partial charge in [-0.05, 0) is 36.5 Å². The number of rotatable bonds is 4. The molecule has 2 rings (SSSR count). The molecule has 0 aliphatic heterocycles. The monoisotopic (exact) mass is 259 g/mol. The highest BCUT2D eigenvalue weighted by Crippen LogP contribution is 2.38. The first-order valence-electron chi connectivity index (χ1n) is 6.91. The molecule has 1 aromatic carbocycles. The largest absolute Gasteiger partial charge is 0.493 e. The molecule has 19 heavy (non-hydrogen) atoms. The minimum atomic E-state index is -0.0277. The Morgan fingerprint density at radius 2 is 1.79 bits per heavy atom. The summed E-state index contributed by atoms with van der Waals surface area (Å²) in [6, 6.07) is 8.31. The molecule has 3 nitrogen and oxygen atoms in total. The molecule has 0 radical (unpaired) electrons. The van der Waals surface area contributed by atoms with Crippen LogP contribution in [0.15, 0.2) is 18.2 Å². The highest BCUT2D eigenvalue weighted by molar-refractivity contribution is 5.45. The summed E-state index contributed by atoms with van der Waals surface area (Å²) < 4.78 is 10.6. The van der Waals surface area contributed by atoms with Gasteiger partial charge in [-0.3, -0.25) is 0 Å². The molecule has 1 aliphatic carbocycles. The lowest BCUT2D eigenvalue weighted by atomic mass is 9.77. The van der Waals surface area contributed by atoms with Gasteiger partial charge in [0.1, 0.15) is 0 Å². The first-order chi connectivity index (χ1) is 9.30. The molecule has 1 aliphatic rings. The van der Waals surface area contributed by atoms with E-state index in [2.05, 4.69) is 6.07 Å². The highest BCUT2D eigenvalue weighted by Gasteiger charge is 2.25. The van der Waals surface area contributed by atoms with Gasteiger partial charge in [-0.15, -0.1) is 0 Å². The van der Waals surface area contributed by atoms with Crippen molar-refractivity contribution in [2.24, 2.45) is 5.92 Å². The van der Waals surface area contributed by atoms with Crippen LogP contribution >= 0.6 is 0 Å². The smallest absolute Gasteiger partial charge is 0.161 e. The van der Waals surface area contributed by atoms with Crippen molar-refractivity contribution < 1.29 is 9.47 Å². The van der Waals surface area contributed by atoms with Gasteiger partial charge in [0.25, 0.3) is 0 Å². The zero-order valence-corrected chi connectivity index (χ0v) is 11.7. The first-order valence-corrected chi connectivity index (χ1v) is 6.91. The Kier molecular flexibility index (Phi) is 4.68. The summed E-state index contributed by atoms with van der Waals surface area (Å²) in [7, 11) is 3.25. The predicted octanol–water partition coefficient (Wildman–Crippen LogP) is 3.89. The van der Waals surface area contributed by atoms with Crippen LogP contribution in [-0.2, 0) is 0 Å². The molecule has 0 bridgehead atoms. The van der Waals surface area contributed by atoms with E-state index in [0.717, 1.165) is 18.4 Å². The Morgan fingerprint density at radius 1 is 1.11 bits per heavy atom. The number of nitriles is 1. The van der Waals surface area contributed by atoms with Crippen LogP contribution in [0.1, 0.15) is 43.6 Å². The van der Waals surface area contributed by atoms with Gasteiger partial charge in [-0.2, -0.15) is 5.26 Å². The Hall–Kier alpha value is -1.69. The normalized spacial score (nSPS) is 17.5. The minimum absolute atomic E-state index is 0.0277.